The van der Waals surface area contributed by atoms with Crippen molar-refractivity contribution in [3.8, 4) is 0 Å². The van der Waals surface area contributed by atoms with Crippen molar-refractivity contribution < 1.29 is 14.4 Å². The van der Waals surface area contributed by atoms with Crippen molar-refractivity contribution in [1.29, 1.82) is 0 Å². The standard InChI is InChI=1S/C17H22N4O4/c1-4-21-16(25)19-15(24)17(21)5-7-20(8-6-17)14(23)12-9-10(2)11(3)18-13(12)22/h9H,4-8H2,1-3H3,(H,18,22)(H,19,24,25). The van der Waals surface area contributed by atoms with Gasteiger partial charge >= 0.3 is 6.03 Å². The minimum Gasteiger partial charge on any atom is -0.338 e. The molecule has 4 amide bonds. The number of carbonyl (C=O) groups is 3. The van der Waals surface area contributed by atoms with E-state index in [1.807, 2.05) is 13.8 Å². The van der Waals surface area contributed by atoms with E-state index < -0.39 is 11.1 Å². The van der Waals surface area contributed by atoms with Crippen LogP contribution in [-0.2, 0) is 4.79 Å². The minimum absolute atomic E-state index is 0.110. The van der Waals surface area contributed by atoms with Gasteiger partial charge < -0.3 is 14.8 Å². The van der Waals surface area contributed by atoms with Gasteiger partial charge in [-0.1, -0.05) is 0 Å². The summed E-state index contributed by atoms with van der Waals surface area (Å²) >= 11 is 0. The van der Waals surface area contributed by atoms with Crippen LogP contribution in [0.4, 0.5) is 4.79 Å². The highest BCUT2D eigenvalue weighted by Gasteiger charge is 2.53. The van der Waals surface area contributed by atoms with Crippen molar-refractivity contribution in [2.24, 2.45) is 0 Å². The van der Waals surface area contributed by atoms with Gasteiger partial charge in [0.15, 0.2) is 0 Å². The monoisotopic (exact) mass is 346 g/mol. The van der Waals surface area contributed by atoms with E-state index >= 15 is 0 Å². The quantitative estimate of drug-likeness (QED) is 0.763. The van der Waals surface area contributed by atoms with Crippen LogP contribution in [0.15, 0.2) is 10.9 Å². The fourth-order valence-electron chi connectivity index (χ4n) is 3.68. The molecule has 0 aliphatic carbocycles. The second kappa shape index (κ2) is 6.02. The molecule has 8 nitrogen and oxygen atoms in total. The summed E-state index contributed by atoms with van der Waals surface area (Å²) < 4.78 is 0. The van der Waals surface area contributed by atoms with Crippen LogP contribution in [0.2, 0.25) is 0 Å². The van der Waals surface area contributed by atoms with Crippen LogP contribution < -0.4 is 10.9 Å². The van der Waals surface area contributed by atoms with Crippen molar-refractivity contribution in [3.05, 3.63) is 33.2 Å². The number of imide groups is 1. The van der Waals surface area contributed by atoms with Gasteiger partial charge in [0.25, 0.3) is 17.4 Å². The molecule has 0 unspecified atom stereocenters. The number of likely N-dealkylation sites (tertiary alicyclic amines) is 1. The molecule has 1 spiro atoms. The lowest BCUT2D eigenvalue weighted by atomic mass is 9.86. The van der Waals surface area contributed by atoms with E-state index in [4.69, 9.17) is 0 Å². The maximum atomic E-state index is 12.7. The predicted molar refractivity (Wildman–Crippen MR) is 90.3 cm³/mol. The zero-order valence-corrected chi connectivity index (χ0v) is 14.6. The number of rotatable bonds is 2. The molecule has 2 N–H and O–H groups in total. The smallest absolute Gasteiger partial charge is 0.325 e. The second-order valence-corrected chi connectivity index (χ2v) is 6.65. The first kappa shape index (κ1) is 17.2. The fraction of sp³-hybridized carbons (Fsp3) is 0.529. The van der Waals surface area contributed by atoms with Gasteiger partial charge in [0, 0.05) is 25.3 Å². The average Bonchev–Trinajstić information content (AvgIpc) is 2.80. The van der Waals surface area contributed by atoms with Gasteiger partial charge in [-0.05, 0) is 45.2 Å². The van der Waals surface area contributed by atoms with Crippen LogP contribution in [0, 0.1) is 13.8 Å². The van der Waals surface area contributed by atoms with E-state index in [2.05, 4.69) is 10.3 Å². The Morgan fingerprint density at radius 2 is 1.84 bits per heavy atom. The molecular weight excluding hydrogens is 324 g/mol. The third-order valence-corrected chi connectivity index (χ3v) is 5.33. The molecule has 0 saturated carbocycles. The third-order valence-electron chi connectivity index (χ3n) is 5.33. The molecule has 2 aliphatic rings. The molecule has 0 aromatic carbocycles. The number of pyridine rings is 1. The van der Waals surface area contributed by atoms with Crippen molar-refractivity contribution in [2.75, 3.05) is 19.6 Å². The number of aryl methyl sites for hydroxylation is 2. The number of likely N-dealkylation sites (N-methyl/N-ethyl adjacent to an activating group) is 1. The predicted octanol–water partition coefficient (Wildman–Crippen LogP) is 0.538. The second-order valence-electron chi connectivity index (χ2n) is 6.65. The molecule has 2 fully saturated rings. The summed E-state index contributed by atoms with van der Waals surface area (Å²) in [4.78, 5) is 54.8. The maximum Gasteiger partial charge on any atom is 0.325 e. The maximum absolute atomic E-state index is 12.7. The number of hydrogen-bond donors (Lipinski definition) is 2. The number of H-pyrrole nitrogens is 1. The summed E-state index contributed by atoms with van der Waals surface area (Å²) in [5.74, 6) is -0.637. The molecule has 134 valence electrons. The Labute approximate surface area is 145 Å². The van der Waals surface area contributed by atoms with Gasteiger partial charge in [0.05, 0.1) is 0 Å². The Morgan fingerprint density at radius 3 is 2.44 bits per heavy atom. The largest absolute Gasteiger partial charge is 0.338 e. The van der Waals surface area contributed by atoms with E-state index in [9.17, 15) is 19.2 Å². The lowest BCUT2D eigenvalue weighted by Crippen LogP contribution is -2.57. The van der Waals surface area contributed by atoms with Gasteiger partial charge in [-0.15, -0.1) is 0 Å². The van der Waals surface area contributed by atoms with Crippen LogP contribution >= 0.6 is 0 Å². The van der Waals surface area contributed by atoms with E-state index in [0.29, 0.717) is 32.5 Å². The number of aromatic amines is 1. The molecule has 0 atom stereocenters. The third kappa shape index (κ3) is 2.61. The Bertz CT molecular complexity index is 805. The highest BCUT2D eigenvalue weighted by molar-refractivity contribution is 6.07. The molecular formula is C17H22N4O4. The number of hydrogen-bond acceptors (Lipinski definition) is 4. The zero-order chi connectivity index (χ0) is 18.4. The molecule has 2 aliphatic heterocycles. The van der Waals surface area contributed by atoms with Gasteiger partial charge in [-0.25, -0.2) is 4.79 Å². The number of carbonyl (C=O) groups excluding carboxylic acids is 3. The Morgan fingerprint density at radius 1 is 1.20 bits per heavy atom. The van der Waals surface area contributed by atoms with Gasteiger partial charge in [0.1, 0.15) is 11.1 Å². The number of piperidine rings is 1. The normalized spacial score (nSPS) is 19.5. The van der Waals surface area contributed by atoms with Crippen LogP contribution in [-0.4, -0.2) is 57.8 Å². The summed E-state index contributed by atoms with van der Waals surface area (Å²) in [6, 6.07) is 1.23. The van der Waals surface area contributed by atoms with Crippen LogP contribution in [0.25, 0.3) is 0 Å². The zero-order valence-electron chi connectivity index (χ0n) is 14.6. The highest BCUT2D eigenvalue weighted by Crippen LogP contribution is 2.33. The van der Waals surface area contributed by atoms with E-state index in [1.165, 1.54) is 0 Å². The van der Waals surface area contributed by atoms with Gasteiger partial charge in [-0.3, -0.25) is 19.7 Å². The molecule has 8 heteroatoms. The van der Waals surface area contributed by atoms with E-state index in [1.54, 1.807) is 22.8 Å². The van der Waals surface area contributed by atoms with E-state index in [0.717, 1.165) is 11.3 Å². The molecule has 0 radical (unpaired) electrons. The molecule has 0 bridgehead atoms. The number of nitrogens with one attached hydrogen (secondary N) is 2. The summed E-state index contributed by atoms with van der Waals surface area (Å²) in [6.45, 7) is 6.52. The topological polar surface area (TPSA) is 103 Å². The fourth-order valence-corrected chi connectivity index (χ4v) is 3.68. The Kier molecular flexibility index (Phi) is 4.14. The summed E-state index contributed by atoms with van der Waals surface area (Å²) in [5.41, 5.74) is 0.405. The molecule has 1 aromatic rings. The summed E-state index contributed by atoms with van der Waals surface area (Å²) in [5, 5.41) is 2.37. The molecule has 3 heterocycles. The first-order valence-corrected chi connectivity index (χ1v) is 8.43. The first-order valence-electron chi connectivity index (χ1n) is 8.43. The summed E-state index contributed by atoms with van der Waals surface area (Å²) in [7, 11) is 0. The van der Waals surface area contributed by atoms with Crippen molar-refractivity contribution in [2.45, 2.75) is 39.2 Å². The number of nitrogens with zero attached hydrogens (tertiary/aromatic N) is 2. The van der Waals surface area contributed by atoms with Crippen molar-refractivity contribution in [1.82, 2.24) is 20.1 Å². The van der Waals surface area contributed by atoms with Crippen LogP contribution in [0.3, 0.4) is 0 Å². The van der Waals surface area contributed by atoms with Crippen LogP contribution in [0.1, 0.15) is 41.4 Å². The number of amides is 4. The number of aromatic nitrogens is 1. The molecule has 1 aromatic heterocycles. The molecule has 2 saturated heterocycles. The van der Waals surface area contributed by atoms with Crippen molar-refractivity contribution in [3.63, 3.8) is 0 Å². The first-order chi connectivity index (χ1) is 11.8. The molecule has 25 heavy (non-hydrogen) atoms. The van der Waals surface area contributed by atoms with Crippen molar-refractivity contribution >= 4 is 17.8 Å². The Balaban J connectivity index is 1.80. The van der Waals surface area contributed by atoms with E-state index in [-0.39, 0.29) is 23.4 Å². The Hall–Kier alpha value is -2.64. The number of urea groups is 1. The average molecular weight is 346 g/mol. The lowest BCUT2D eigenvalue weighted by Gasteiger charge is -2.41. The van der Waals surface area contributed by atoms with Gasteiger partial charge in [-0.2, -0.15) is 0 Å². The van der Waals surface area contributed by atoms with Gasteiger partial charge in [0.2, 0.25) is 0 Å². The summed E-state index contributed by atoms with van der Waals surface area (Å²) in [6.07, 6.45) is 0.736. The van der Waals surface area contributed by atoms with Crippen LogP contribution in [0.5, 0.6) is 0 Å². The lowest BCUT2D eigenvalue weighted by molar-refractivity contribution is -0.128. The SMILES string of the molecule is CCN1C(=O)NC(=O)C12CCN(C(=O)c1cc(C)c(C)[nH]c1=O)CC2. The minimum atomic E-state index is -0.877. The molecule has 3 rings (SSSR count). The highest BCUT2D eigenvalue weighted by atomic mass is 16.2.